The van der Waals surface area contributed by atoms with Crippen molar-refractivity contribution >= 4 is 0 Å². The third-order valence-electron chi connectivity index (χ3n) is 7.52. The van der Waals surface area contributed by atoms with E-state index in [2.05, 4.69) is 28.9 Å². The summed E-state index contributed by atoms with van der Waals surface area (Å²) < 4.78 is 12.4. The molecule has 2 bridgehead atoms. The predicted molar refractivity (Wildman–Crippen MR) is 105 cm³/mol. The summed E-state index contributed by atoms with van der Waals surface area (Å²) in [4.78, 5) is 2.63. The lowest BCUT2D eigenvalue weighted by Crippen LogP contribution is -2.68. The van der Waals surface area contributed by atoms with E-state index in [-0.39, 0.29) is 24.2 Å². The molecule has 27 heavy (non-hydrogen) atoms. The molecule has 5 rings (SSSR count). The number of nitrogens with zero attached hydrogens (tertiary/aromatic N) is 1. The first-order valence-electron chi connectivity index (χ1n) is 10.3. The summed E-state index contributed by atoms with van der Waals surface area (Å²) in [5, 5.41) is 12.9. The minimum Gasteiger partial charge on any atom is -0.493 e. The summed E-state index contributed by atoms with van der Waals surface area (Å²) in [5.41, 5.74) is 2.94. The zero-order chi connectivity index (χ0) is 18.6. The first kappa shape index (κ1) is 17.5. The van der Waals surface area contributed by atoms with Crippen LogP contribution in [-0.2, 0) is 11.8 Å². The van der Waals surface area contributed by atoms with Gasteiger partial charge in [-0.25, -0.2) is 0 Å². The van der Waals surface area contributed by atoms with Gasteiger partial charge < -0.3 is 19.9 Å². The molecule has 0 amide bonds. The Morgan fingerprint density at radius 2 is 2.33 bits per heavy atom. The molecule has 1 saturated carbocycles. The van der Waals surface area contributed by atoms with Crippen LogP contribution in [-0.4, -0.2) is 61.5 Å². The molecule has 0 radical (unpaired) electrons. The van der Waals surface area contributed by atoms with Crippen molar-refractivity contribution in [1.29, 1.82) is 0 Å². The highest BCUT2D eigenvalue weighted by molar-refractivity contribution is 5.61. The summed E-state index contributed by atoms with van der Waals surface area (Å²) in [7, 11) is 1.73. The van der Waals surface area contributed by atoms with Gasteiger partial charge in [0.05, 0.1) is 13.7 Å². The molecule has 2 aliphatic heterocycles. The topological polar surface area (TPSA) is 54.0 Å². The highest BCUT2D eigenvalue weighted by Gasteiger charge is 2.65. The van der Waals surface area contributed by atoms with Crippen LogP contribution in [0.25, 0.3) is 0 Å². The third kappa shape index (κ3) is 2.28. The number of likely N-dealkylation sites (tertiary alicyclic amines) is 1. The molecule has 5 atom stereocenters. The fourth-order valence-electron chi connectivity index (χ4n) is 6.63. The summed E-state index contributed by atoms with van der Waals surface area (Å²) >= 11 is 0. The van der Waals surface area contributed by atoms with E-state index in [0.717, 1.165) is 43.9 Å². The van der Waals surface area contributed by atoms with Crippen LogP contribution in [0.5, 0.6) is 11.5 Å². The number of aliphatic hydroxyl groups excluding tert-OH is 1. The quantitative estimate of drug-likeness (QED) is 0.749. The Morgan fingerprint density at radius 3 is 3.11 bits per heavy atom. The lowest BCUT2D eigenvalue weighted by atomic mass is 9.51. The van der Waals surface area contributed by atoms with Crippen LogP contribution in [0.4, 0.5) is 0 Å². The Bertz CT molecular complexity index is 751. The van der Waals surface area contributed by atoms with Crippen LogP contribution in [0.3, 0.4) is 0 Å². The molecule has 2 fully saturated rings. The molecule has 146 valence electrons. The Labute approximate surface area is 161 Å². The number of hydrogen-bond acceptors (Lipinski definition) is 5. The number of aliphatic hydroxyl groups is 1. The molecule has 5 nitrogen and oxygen atoms in total. The van der Waals surface area contributed by atoms with E-state index < -0.39 is 0 Å². The number of benzene rings is 1. The third-order valence-corrected chi connectivity index (χ3v) is 7.52. The van der Waals surface area contributed by atoms with Crippen molar-refractivity contribution in [3.05, 3.63) is 35.9 Å². The lowest BCUT2D eigenvalue weighted by Gasteiger charge is -2.59. The summed E-state index contributed by atoms with van der Waals surface area (Å²) in [6.45, 7) is 6.83. The Kier molecular flexibility index (Phi) is 4.22. The van der Waals surface area contributed by atoms with Crippen molar-refractivity contribution in [2.75, 3.05) is 33.4 Å². The van der Waals surface area contributed by atoms with Crippen molar-refractivity contribution in [1.82, 2.24) is 10.2 Å². The van der Waals surface area contributed by atoms with Crippen molar-refractivity contribution in [3.8, 4) is 11.5 Å². The van der Waals surface area contributed by atoms with E-state index in [1.807, 2.05) is 6.08 Å². The van der Waals surface area contributed by atoms with Gasteiger partial charge in [-0.3, -0.25) is 4.90 Å². The summed E-state index contributed by atoms with van der Waals surface area (Å²) in [6, 6.07) is 5.18. The molecule has 2 aliphatic carbocycles. The van der Waals surface area contributed by atoms with Crippen LogP contribution in [0.15, 0.2) is 24.8 Å². The fourth-order valence-corrected chi connectivity index (χ4v) is 6.63. The average Bonchev–Trinajstić information content (AvgIpc) is 3.03. The zero-order valence-electron chi connectivity index (χ0n) is 16.1. The van der Waals surface area contributed by atoms with Crippen LogP contribution in [0.2, 0.25) is 0 Å². The second-order valence-electron chi connectivity index (χ2n) is 8.48. The van der Waals surface area contributed by atoms with Gasteiger partial charge in [-0.1, -0.05) is 12.1 Å². The Balaban J connectivity index is 1.64. The smallest absolute Gasteiger partial charge is 0.165 e. The maximum atomic E-state index is 9.33. The average molecular weight is 370 g/mol. The Morgan fingerprint density at radius 1 is 1.44 bits per heavy atom. The van der Waals surface area contributed by atoms with Gasteiger partial charge in [0, 0.05) is 36.2 Å². The molecule has 0 aromatic heterocycles. The first-order chi connectivity index (χ1) is 13.2. The van der Waals surface area contributed by atoms with Gasteiger partial charge in [0.15, 0.2) is 11.5 Å². The lowest BCUT2D eigenvalue weighted by molar-refractivity contribution is -0.0619. The van der Waals surface area contributed by atoms with Crippen molar-refractivity contribution in [2.24, 2.45) is 5.92 Å². The van der Waals surface area contributed by atoms with Gasteiger partial charge in [0.2, 0.25) is 0 Å². The van der Waals surface area contributed by atoms with Crippen LogP contribution < -0.4 is 14.8 Å². The number of hydrogen-bond donors (Lipinski definition) is 2. The van der Waals surface area contributed by atoms with Crippen molar-refractivity contribution in [2.45, 2.75) is 49.3 Å². The van der Waals surface area contributed by atoms with E-state index in [1.165, 1.54) is 17.5 Å². The van der Waals surface area contributed by atoms with Gasteiger partial charge in [-0.05, 0) is 49.8 Å². The molecular formula is C22H30N2O3. The van der Waals surface area contributed by atoms with Gasteiger partial charge in [0.25, 0.3) is 0 Å². The number of ether oxygens (including phenoxy) is 2. The summed E-state index contributed by atoms with van der Waals surface area (Å²) in [5.74, 6) is 2.46. The molecule has 1 saturated heterocycles. The molecule has 1 spiro atoms. The standard InChI is InChI=1S/C22H30N2O3/c1-3-10-24-11-8-22-15-5-6-16(23-9-12-25)21(22)27-20-18(26-2)7-4-14(19(20)22)13-17(15)24/h3-4,7,15-17,21,23,25H,1,5-6,8-13H2,2H3/t15?,16?,17?,21?,22-/m1/s1. The van der Waals surface area contributed by atoms with E-state index in [1.54, 1.807) is 7.11 Å². The molecule has 1 aromatic rings. The maximum Gasteiger partial charge on any atom is 0.165 e. The van der Waals surface area contributed by atoms with Gasteiger partial charge in [-0.15, -0.1) is 6.58 Å². The maximum absolute atomic E-state index is 9.33. The number of nitrogens with one attached hydrogen (secondary N) is 1. The highest BCUT2D eigenvalue weighted by Crippen LogP contribution is 2.63. The second kappa shape index (κ2) is 6.50. The van der Waals surface area contributed by atoms with Crippen molar-refractivity contribution < 1.29 is 14.6 Å². The van der Waals surface area contributed by atoms with Gasteiger partial charge in [0.1, 0.15) is 6.10 Å². The van der Waals surface area contributed by atoms with E-state index in [9.17, 15) is 5.11 Å². The second-order valence-corrected chi connectivity index (χ2v) is 8.48. The van der Waals surface area contributed by atoms with Gasteiger partial charge >= 0.3 is 0 Å². The molecule has 5 heteroatoms. The Hall–Kier alpha value is -1.56. The monoisotopic (exact) mass is 370 g/mol. The van der Waals surface area contributed by atoms with Crippen LogP contribution in [0, 0.1) is 5.92 Å². The summed E-state index contributed by atoms with van der Waals surface area (Å²) in [6.07, 6.45) is 6.69. The minimum atomic E-state index is 0.0746. The fraction of sp³-hybridized carbons (Fsp3) is 0.636. The van der Waals surface area contributed by atoms with Gasteiger partial charge in [-0.2, -0.15) is 0 Å². The first-order valence-corrected chi connectivity index (χ1v) is 10.3. The zero-order valence-corrected chi connectivity index (χ0v) is 16.1. The number of methoxy groups -OCH3 is 1. The molecule has 4 unspecified atom stereocenters. The molecule has 1 aromatic carbocycles. The molecule has 2 heterocycles. The van der Waals surface area contributed by atoms with Crippen LogP contribution in [0.1, 0.15) is 30.4 Å². The normalized spacial score (nSPS) is 36.1. The van der Waals surface area contributed by atoms with Crippen molar-refractivity contribution in [3.63, 3.8) is 0 Å². The number of rotatable bonds is 6. The minimum absolute atomic E-state index is 0.0746. The number of piperidine rings is 1. The molecular weight excluding hydrogens is 340 g/mol. The van der Waals surface area contributed by atoms with E-state index >= 15 is 0 Å². The van der Waals surface area contributed by atoms with E-state index in [4.69, 9.17) is 9.47 Å². The van der Waals surface area contributed by atoms with E-state index in [0.29, 0.717) is 18.5 Å². The highest BCUT2D eigenvalue weighted by atomic mass is 16.5. The van der Waals surface area contributed by atoms with Crippen LogP contribution >= 0.6 is 0 Å². The molecule has 2 N–H and O–H groups in total. The largest absolute Gasteiger partial charge is 0.493 e. The predicted octanol–water partition coefficient (Wildman–Crippen LogP) is 1.87. The molecule has 4 aliphatic rings. The SMILES string of the molecule is C=CCN1CC[C@@]23c4c5ccc(OC)c4OC2C(NCCO)CCC3C1C5.